The van der Waals surface area contributed by atoms with Crippen molar-refractivity contribution in [2.24, 2.45) is 0 Å². The number of hydrogen-bond acceptors (Lipinski definition) is 4. The highest BCUT2D eigenvalue weighted by atomic mass is 16.5. The van der Waals surface area contributed by atoms with Gasteiger partial charge in [0.15, 0.2) is 6.10 Å². The van der Waals surface area contributed by atoms with Gasteiger partial charge in [-0.15, -0.1) is 0 Å². The second-order valence-electron chi connectivity index (χ2n) is 6.76. The zero-order valence-electron chi connectivity index (χ0n) is 16.7. The lowest BCUT2D eigenvalue weighted by atomic mass is 10.1. The van der Waals surface area contributed by atoms with E-state index in [0.717, 1.165) is 11.1 Å². The van der Waals surface area contributed by atoms with Crippen molar-refractivity contribution in [1.82, 2.24) is 5.32 Å². The molecule has 3 rings (SSSR count). The van der Waals surface area contributed by atoms with E-state index in [1.807, 2.05) is 32.0 Å². The number of para-hydroxylation sites is 1. The third-order valence-corrected chi connectivity index (χ3v) is 4.66. The van der Waals surface area contributed by atoms with Crippen molar-refractivity contribution in [1.29, 1.82) is 0 Å². The van der Waals surface area contributed by atoms with Gasteiger partial charge in [0.1, 0.15) is 11.5 Å². The summed E-state index contributed by atoms with van der Waals surface area (Å²) in [4.78, 5) is 25.2. The smallest absolute Gasteiger partial charge is 0.265 e. The van der Waals surface area contributed by atoms with E-state index >= 15 is 0 Å². The third kappa shape index (κ3) is 5.04. The summed E-state index contributed by atoms with van der Waals surface area (Å²) < 4.78 is 11.1. The topological polar surface area (TPSA) is 80.6 Å². The molecule has 0 saturated heterocycles. The highest BCUT2D eigenvalue weighted by Crippen LogP contribution is 2.22. The van der Waals surface area contributed by atoms with Gasteiger partial charge in [0.05, 0.1) is 24.1 Å². The van der Waals surface area contributed by atoms with Gasteiger partial charge in [0.2, 0.25) is 0 Å². The van der Waals surface area contributed by atoms with Crippen molar-refractivity contribution in [2.75, 3.05) is 5.32 Å². The summed E-state index contributed by atoms with van der Waals surface area (Å²) in [6.45, 7) is 5.88. The fourth-order valence-corrected chi connectivity index (χ4v) is 2.80. The molecule has 1 atom stereocenters. The largest absolute Gasteiger partial charge is 0.481 e. The van der Waals surface area contributed by atoms with E-state index in [1.54, 1.807) is 49.6 Å². The molecule has 150 valence electrons. The minimum atomic E-state index is -0.727. The molecule has 0 aliphatic carbocycles. The van der Waals surface area contributed by atoms with E-state index in [1.165, 1.54) is 0 Å². The highest BCUT2D eigenvalue weighted by molar-refractivity contribution is 6.04. The summed E-state index contributed by atoms with van der Waals surface area (Å²) in [6, 6.07) is 16.1. The van der Waals surface area contributed by atoms with Crippen molar-refractivity contribution in [3.8, 4) is 5.75 Å². The monoisotopic (exact) mass is 392 g/mol. The maximum absolute atomic E-state index is 12.6. The quantitative estimate of drug-likeness (QED) is 0.630. The van der Waals surface area contributed by atoms with Crippen LogP contribution in [0.3, 0.4) is 0 Å². The molecule has 0 spiro atoms. The van der Waals surface area contributed by atoms with Gasteiger partial charge in [0.25, 0.3) is 11.8 Å². The summed E-state index contributed by atoms with van der Waals surface area (Å²) in [5.41, 5.74) is 2.87. The van der Waals surface area contributed by atoms with Crippen LogP contribution in [0.25, 0.3) is 0 Å². The standard InChI is InChI=1S/C23H24N2O4/c1-15-8-6-12-21(16(15)2)29-17(3)22(26)25-20-11-5-4-10-19(20)23(27)24-14-18-9-7-13-28-18/h4-13,17H,14H2,1-3H3,(H,24,27)(H,25,26)/t17-/m0/s1. The average molecular weight is 392 g/mol. The van der Waals surface area contributed by atoms with Crippen LogP contribution in [0.15, 0.2) is 65.3 Å². The highest BCUT2D eigenvalue weighted by Gasteiger charge is 2.19. The average Bonchev–Trinajstić information content (AvgIpc) is 3.23. The van der Waals surface area contributed by atoms with Crippen molar-refractivity contribution in [3.63, 3.8) is 0 Å². The van der Waals surface area contributed by atoms with Gasteiger partial charge in [-0.05, 0) is 62.2 Å². The summed E-state index contributed by atoms with van der Waals surface area (Å²) in [6.07, 6.45) is 0.822. The number of carbonyl (C=O) groups excluding carboxylic acids is 2. The second kappa shape index (κ2) is 9.10. The maximum Gasteiger partial charge on any atom is 0.265 e. The molecule has 2 N–H and O–H groups in total. The van der Waals surface area contributed by atoms with Crippen LogP contribution in [0.4, 0.5) is 5.69 Å². The Balaban J connectivity index is 1.67. The number of hydrogen-bond donors (Lipinski definition) is 2. The molecule has 0 aliphatic rings. The molecular formula is C23H24N2O4. The Kier molecular flexibility index (Phi) is 6.34. The molecule has 6 nitrogen and oxygen atoms in total. The second-order valence-corrected chi connectivity index (χ2v) is 6.76. The number of carbonyl (C=O) groups is 2. The summed E-state index contributed by atoms with van der Waals surface area (Å²) in [5.74, 6) is 0.671. The van der Waals surface area contributed by atoms with E-state index in [2.05, 4.69) is 10.6 Å². The summed E-state index contributed by atoms with van der Waals surface area (Å²) in [7, 11) is 0. The first kappa shape index (κ1) is 20.2. The van der Waals surface area contributed by atoms with E-state index in [-0.39, 0.29) is 18.4 Å². The van der Waals surface area contributed by atoms with Gasteiger partial charge in [0, 0.05) is 0 Å². The van der Waals surface area contributed by atoms with Crippen LogP contribution in [0.2, 0.25) is 0 Å². The van der Waals surface area contributed by atoms with Gasteiger partial charge in [-0.3, -0.25) is 9.59 Å². The van der Waals surface area contributed by atoms with Crippen molar-refractivity contribution < 1.29 is 18.7 Å². The predicted octanol–water partition coefficient (Wildman–Crippen LogP) is 4.23. The summed E-state index contributed by atoms with van der Waals surface area (Å²) in [5, 5.41) is 5.57. The van der Waals surface area contributed by atoms with Crippen LogP contribution in [-0.4, -0.2) is 17.9 Å². The van der Waals surface area contributed by atoms with E-state index in [9.17, 15) is 9.59 Å². The molecule has 6 heteroatoms. The summed E-state index contributed by atoms with van der Waals surface area (Å²) >= 11 is 0. The number of nitrogens with one attached hydrogen (secondary N) is 2. The van der Waals surface area contributed by atoms with Crippen molar-refractivity contribution >= 4 is 17.5 Å². The Morgan fingerprint density at radius 2 is 1.83 bits per heavy atom. The molecule has 1 heterocycles. The lowest BCUT2D eigenvalue weighted by molar-refractivity contribution is -0.122. The first-order chi connectivity index (χ1) is 14.0. The number of ether oxygens (including phenoxy) is 1. The van der Waals surface area contributed by atoms with Crippen LogP contribution in [-0.2, 0) is 11.3 Å². The number of anilines is 1. The zero-order valence-corrected chi connectivity index (χ0v) is 16.7. The molecule has 0 aliphatic heterocycles. The van der Waals surface area contributed by atoms with Crippen LogP contribution in [0, 0.1) is 13.8 Å². The normalized spacial score (nSPS) is 11.6. The Bertz CT molecular complexity index is 996. The number of aryl methyl sites for hydroxylation is 1. The molecular weight excluding hydrogens is 368 g/mol. The van der Waals surface area contributed by atoms with Gasteiger partial charge in [-0.25, -0.2) is 0 Å². The Hall–Kier alpha value is -3.54. The van der Waals surface area contributed by atoms with Crippen LogP contribution in [0.1, 0.15) is 34.2 Å². The lowest BCUT2D eigenvalue weighted by Gasteiger charge is -2.18. The SMILES string of the molecule is Cc1cccc(O[C@@H](C)C(=O)Nc2ccccc2C(=O)NCc2ccco2)c1C. The van der Waals surface area contributed by atoms with Crippen molar-refractivity contribution in [3.05, 3.63) is 83.3 Å². The molecule has 2 aromatic carbocycles. The Morgan fingerprint density at radius 1 is 1.03 bits per heavy atom. The maximum atomic E-state index is 12.6. The fourth-order valence-electron chi connectivity index (χ4n) is 2.80. The molecule has 0 saturated carbocycles. The molecule has 1 aromatic heterocycles. The molecule has 3 aromatic rings. The van der Waals surface area contributed by atoms with Crippen LogP contribution in [0.5, 0.6) is 5.75 Å². The Labute approximate surface area is 169 Å². The Morgan fingerprint density at radius 3 is 2.59 bits per heavy atom. The third-order valence-electron chi connectivity index (χ3n) is 4.66. The van der Waals surface area contributed by atoms with Crippen molar-refractivity contribution in [2.45, 2.75) is 33.4 Å². The lowest BCUT2D eigenvalue weighted by Crippen LogP contribution is -2.32. The zero-order chi connectivity index (χ0) is 20.8. The molecule has 0 radical (unpaired) electrons. The molecule has 2 amide bonds. The van der Waals surface area contributed by atoms with E-state index in [4.69, 9.17) is 9.15 Å². The van der Waals surface area contributed by atoms with Gasteiger partial charge < -0.3 is 19.8 Å². The number of benzene rings is 2. The minimum Gasteiger partial charge on any atom is -0.481 e. The minimum absolute atomic E-state index is 0.264. The molecule has 0 bridgehead atoms. The van der Waals surface area contributed by atoms with Gasteiger partial charge in [-0.1, -0.05) is 24.3 Å². The number of rotatable bonds is 7. The van der Waals surface area contributed by atoms with E-state index < -0.39 is 6.10 Å². The van der Waals surface area contributed by atoms with Crippen LogP contribution >= 0.6 is 0 Å². The van der Waals surface area contributed by atoms with E-state index in [0.29, 0.717) is 22.8 Å². The molecule has 0 fully saturated rings. The number of furan rings is 1. The van der Waals surface area contributed by atoms with Gasteiger partial charge >= 0.3 is 0 Å². The first-order valence-corrected chi connectivity index (χ1v) is 9.39. The molecule has 29 heavy (non-hydrogen) atoms. The molecule has 0 unspecified atom stereocenters. The van der Waals surface area contributed by atoms with Crippen LogP contribution < -0.4 is 15.4 Å². The predicted molar refractivity (Wildman–Crippen MR) is 111 cm³/mol. The van der Waals surface area contributed by atoms with Gasteiger partial charge in [-0.2, -0.15) is 0 Å². The first-order valence-electron chi connectivity index (χ1n) is 9.39. The number of amides is 2. The fraction of sp³-hybridized carbons (Fsp3) is 0.217.